The second kappa shape index (κ2) is 10.2. The summed E-state index contributed by atoms with van der Waals surface area (Å²) in [6.45, 7) is 0. The number of carbonyl (C=O) groups is 3. The number of ether oxygens (including phenoxy) is 2. The minimum absolute atomic E-state index is 0.0226. The van der Waals surface area contributed by atoms with E-state index in [4.69, 9.17) is 9.47 Å². The first-order valence-electron chi connectivity index (χ1n) is 12.5. The number of halogens is 6. The van der Waals surface area contributed by atoms with Crippen LogP contribution in [0.3, 0.4) is 0 Å². The molecule has 2 saturated heterocycles. The van der Waals surface area contributed by atoms with Crippen molar-refractivity contribution in [3.63, 3.8) is 0 Å². The van der Waals surface area contributed by atoms with E-state index in [1.54, 1.807) is 0 Å². The summed E-state index contributed by atoms with van der Waals surface area (Å²) < 4.78 is 90.5. The Hall–Kier alpha value is -4.39. The van der Waals surface area contributed by atoms with Gasteiger partial charge in [0.25, 0.3) is 0 Å². The summed E-state index contributed by atoms with van der Waals surface area (Å²) in [6, 6.07) is 11.7. The van der Waals surface area contributed by atoms with E-state index in [1.165, 1.54) is 31.4 Å². The summed E-state index contributed by atoms with van der Waals surface area (Å²) in [5.41, 5.74) is -3.74. The molecule has 2 aliphatic heterocycles. The van der Waals surface area contributed by atoms with Crippen LogP contribution < -0.4 is 15.0 Å². The van der Waals surface area contributed by atoms with Crippen molar-refractivity contribution in [1.82, 2.24) is 5.32 Å². The fourth-order valence-corrected chi connectivity index (χ4v) is 5.76. The monoisotopic (exact) mass is 592 g/mol. The van der Waals surface area contributed by atoms with Crippen LogP contribution >= 0.6 is 0 Å². The summed E-state index contributed by atoms with van der Waals surface area (Å²) in [7, 11) is 2.47. The van der Waals surface area contributed by atoms with Gasteiger partial charge >= 0.3 is 18.3 Å². The van der Waals surface area contributed by atoms with Gasteiger partial charge in [-0.05, 0) is 59.7 Å². The third-order valence-corrected chi connectivity index (χ3v) is 7.68. The van der Waals surface area contributed by atoms with Crippen LogP contribution in [0.2, 0.25) is 0 Å². The van der Waals surface area contributed by atoms with E-state index in [1.807, 2.05) is 0 Å². The number of nitrogens with zero attached hydrogens (tertiary/aromatic N) is 1. The number of fused-ring (bicyclic) bond motifs is 1. The molecule has 3 aromatic rings. The van der Waals surface area contributed by atoms with Gasteiger partial charge in [-0.3, -0.25) is 19.7 Å². The van der Waals surface area contributed by atoms with E-state index >= 15 is 0 Å². The number of benzene rings is 3. The number of hydrogen-bond acceptors (Lipinski definition) is 6. The van der Waals surface area contributed by atoms with Crippen LogP contribution in [-0.2, 0) is 37.0 Å². The van der Waals surface area contributed by atoms with E-state index < -0.39 is 64.7 Å². The van der Waals surface area contributed by atoms with Gasteiger partial charge in [0, 0.05) is 0 Å². The van der Waals surface area contributed by atoms with Gasteiger partial charge in [-0.15, -0.1) is 0 Å². The minimum Gasteiger partial charge on any atom is -0.497 e. The smallest absolute Gasteiger partial charge is 0.416 e. The zero-order chi connectivity index (χ0) is 30.6. The Bertz CT molecular complexity index is 1460. The Balaban J connectivity index is 1.74. The number of amides is 2. The molecular weight excluding hydrogens is 570 g/mol. The maximum atomic E-state index is 14.1. The van der Waals surface area contributed by atoms with Gasteiger partial charge in [0.2, 0.25) is 11.8 Å². The van der Waals surface area contributed by atoms with Gasteiger partial charge in [0.15, 0.2) is 0 Å². The van der Waals surface area contributed by atoms with E-state index in [2.05, 4.69) is 5.32 Å². The predicted molar refractivity (Wildman–Crippen MR) is 135 cm³/mol. The predicted octanol–water partition coefficient (Wildman–Crippen LogP) is 4.93. The summed E-state index contributed by atoms with van der Waals surface area (Å²) in [6.07, 6.45) is -9.41. The van der Waals surface area contributed by atoms with E-state index in [0.717, 1.165) is 60.5 Å². The third-order valence-electron chi connectivity index (χ3n) is 7.68. The van der Waals surface area contributed by atoms with Crippen LogP contribution in [0.15, 0.2) is 72.8 Å². The summed E-state index contributed by atoms with van der Waals surface area (Å²) >= 11 is 0. The van der Waals surface area contributed by atoms with E-state index in [9.17, 15) is 40.7 Å². The zero-order valence-corrected chi connectivity index (χ0v) is 21.9. The normalized spacial score (nSPS) is 21.8. The van der Waals surface area contributed by atoms with Gasteiger partial charge in [-0.2, -0.15) is 26.3 Å². The van der Waals surface area contributed by atoms with Crippen molar-refractivity contribution in [2.24, 2.45) is 11.8 Å². The lowest BCUT2D eigenvalue weighted by Crippen LogP contribution is -2.52. The Morgan fingerprint density at radius 2 is 1.24 bits per heavy atom. The lowest BCUT2D eigenvalue weighted by atomic mass is 9.71. The highest BCUT2D eigenvalue weighted by Crippen LogP contribution is 2.53. The van der Waals surface area contributed by atoms with Crippen LogP contribution in [-0.4, -0.2) is 38.0 Å². The van der Waals surface area contributed by atoms with Crippen molar-refractivity contribution in [2.75, 3.05) is 19.1 Å². The zero-order valence-electron chi connectivity index (χ0n) is 21.9. The maximum Gasteiger partial charge on any atom is 0.416 e. The Labute approximate surface area is 235 Å². The molecule has 42 heavy (non-hydrogen) atoms. The van der Waals surface area contributed by atoms with Gasteiger partial charge in [0.1, 0.15) is 11.8 Å². The molecule has 220 valence electrons. The summed E-state index contributed by atoms with van der Waals surface area (Å²) in [5.74, 6) is -4.98. The van der Waals surface area contributed by atoms with Crippen molar-refractivity contribution in [3.05, 3.63) is 95.1 Å². The highest BCUT2D eigenvalue weighted by molar-refractivity contribution is 6.24. The molecule has 1 N–H and O–H groups in total. The van der Waals surface area contributed by atoms with Gasteiger partial charge in [0.05, 0.1) is 48.4 Å². The first kappa shape index (κ1) is 29.1. The van der Waals surface area contributed by atoms with E-state index in [-0.39, 0.29) is 16.8 Å². The van der Waals surface area contributed by atoms with E-state index in [0.29, 0.717) is 5.75 Å². The van der Waals surface area contributed by atoms with Crippen LogP contribution in [0.1, 0.15) is 22.3 Å². The number of esters is 1. The van der Waals surface area contributed by atoms with Crippen LogP contribution in [0, 0.1) is 11.8 Å². The number of anilines is 1. The fraction of sp³-hybridized carbons (Fsp3) is 0.276. The second-order valence-electron chi connectivity index (χ2n) is 9.82. The Kier molecular flexibility index (Phi) is 7.04. The molecule has 2 aliphatic rings. The van der Waals surface area contributed by atoms with Crippen molar-refractivity contribution in [1.29, 1.82) is 0 Å². The second-order valence-corrected chi connectivity index (χ2v) is 9.82. The quantitative estimate of drug-likeness (QED) is 0.257. The molecule has 2 heterocycles. The van der Waals surface area contributed by atoms with Gasteiger partial charge in [-0.1, -0.05) is 24.3 Å². The van der Waals surface area contributed by atoms with Crippen LogP contribution in [0.5, 0.6) is 5.75 Å². The Morgan fingerprint density at radius 1 is 0.762 bits per heavy atom. The molecule has 3 atom stereocenters. The topological polar surface area (TPSA) is 84.9 Å². The van der Waals surface area contributed by atoms with Crippen molar-refractivity contribution < 1.29 is 50.2 Å². The molecule has 2 fully saturated rings. The first-order chi connectivity index (χ1) is 19.7. The van der Waals surface area contributed by atoms with Crippen molar-refractivity contribution >= 4 is 23.5 Å². The molecule has 2 amide bonds. The molecular formula is C29H22F6N2O5. The van der Waals surface area contributed by atoms with Gasteiger partial charge in [-0.25, -0.2) is 4.90 Å². The van der Waals surface area contributed by atoms with Crippen LogP contribution in [0.4, 0.5) is 32.0 Å². The maximum absolute atomic E-state index is 14.1. The average Bonchev–Trinajstić information content (AvgIpc) is 3.46. The number of alkyl halides is 6. The molecule has 13 heteroatoms. The van der Waals surface area contributed by atoms with Gasteiger partial charge < -0.3 is 9.47 Å². The number of imide groups is 1. The molecule has 0 unspecified atom stereocenters. The molecule has 0 aromatic heterocycles. The Morgan fingerprint density at radius 3 is 1.64 bits per heavy atom. The number of rotatable bonds is 5. The van der Waals surface area contributed by atoms with Crippen molar-refractivity contribution in [3.8, 4) is 5.75 Å². The third kappa shape index (κ3) is 4.57. The molecule has 7 nitrogen and oxygen atoms in total. The highest BCUT2D eigenvalue weighted by Gasteiger charge is 2.68. The lowest BCUT2D eigenvalue weighted by Gasteiger charge is -2.36. The first-order valence-corrected chi connectivity index (χ1v) is 12.5. The highest BCUT2D eigenvalue weighted by atomic mass is 19.4. The lowest BCUT2D eigenvalue weighted by molar-refractivity contribution is -0.145. The number of nitrogens with one attached hydrogen (secondary N) is 1. The molecule has 0 saturated carbocycles. The molecule has 0 radical (unpaired) electrons. The molecule has 0 spiro atoms. The molecule has 0 bridgehead atoms. The molecule has 5 rings (SSSR count). The number of carbonyl (C=O) groups excluding carboxylic acids is 3. The van der Waals surface area contributed by atoms with Crippen molar-refractivity contribution in [2.45, 2.75) is 23.9 Å². The molecule has 3 aromatic carbocycles. The average molecular weight is 592 g/mol. The van der Waals surface area contributed by atoms with Crippen LogP contribution in [0.25, 0.3) is 0 Å². The number of hydrogen-bond donors (Lipinski definition) is 1. The SMILES string of the molecule is COC(=O)[C@@H]1NC(c2ccc(C(F)(F)F)cc2)(c2ccc(C(F)(F)F)cc2)[C@H]2C(=O)N(c3ccc(OC)cc3)C(=O)[C@H]12. The summed E-state index contributed by atoms with van der Waals surface area (Å²) in [5, 5.41) is 2.93. The largest absolute Gasteiger partial charge is 0.497 e. The minimum atomic E-state index is -4.70. The molecule has 0 aliphatic carbocycles. The summed E-state index contributed by atoms with van der Waals surface area (Å²) in [4.78, 5) is 41.8. The standard InChI is InChI=1S/C29H22F6N2O5/c1-41-20-13-11-19(12-14-20)37-24(38)21-22(25(37)39)27(36-23(21)26(40)42-2,15-3-7-17(8-4-15)28(30,31)32)16-5-9-18(10-6-16)29(33,34)35/h3-14,21-23,36H,1-2H3/t21-,22+,23+/m0/s1. The fourth-order valence-electron chi connectivity index (χ4n) is 5.76. The number of methoxy groups -OCH3 is 2.